The summed E-state index contributed by atoms with van der Waals surface area (Å²) in [5, 5.41) is 0. The van der Waals surface area contributed by atoms with Gasteiger partial charge in [0.2, 0.25) is 0 Å². The molecule has 2 N–H and O–H groups in total. The smallest absolute Gasteiger partial charge is 0.109 e. The number of nitrogens with zero attached hydrogens (tertiary/aromatic N) is 4. The van der Waals surface area contributed by atoms with Gasteiger partial charge in [0.05, 0.1) is 17.2 Å². The molecule has 0 unspecified atom stereocenters. The van der Waals surface area contributed by atoms with E-state index in [9.17, 15) is 0 Å². The molecule has 0 bridgehead atoms. The fourth-order valence-corrected chi connectivity index (χ4v) is 2.72. The Kier molecular flexibility index (Phi) is 4.98. The Bertz CT molecular complexity index is 778. The summed E-state index contributed by atoms with van der Waals surface area (Å²) >= 11 is 0. The van der Waals surface area contributed by atoms with Gasteiger partial charge in [-0.3, -0.25) is 4.98 Å². The summed E-state index contributed by atoms with van der Waals surface area (Å²) in [5.74, 6) is 1.02. The topological polar surface area (TPSA) is 69.6 Å². The number of aryl methyl sites for hydroxylation is 2. The van der Waals surface area contributed by atoms with Gasteiger partial charge in [0.15, 0.2) is 0 Å². The molecule has 0 aliphatic rings. The Morgan fingerprint density at radius 3 is 2.57 bits per heavy atom. The van der Waals surface area contributed by atoms with Crippen LogP contribution < -0.4 is 5.73 Å². The Balaban J connectivity index is 1.73. The molecule has 0 radical (unpaired) electrons. The highest BCUT2D eigenvalue weighted by atomic mass is 15.1. The van der Waals surface area contributed by atoms with Gasteiger partial charge in [-0.05, 0) is 38.4 Å². The van der Waals surface area contributed by atoms with Gasteiger partial charge in [-0.15, -0.1) is 0 Å². The Morgan fingerprint density at radius 1 is 0.957 bits per heavy atom. The maximum Gasteiger partial charge on any atom is 0.109 e. The fourth-order valence-electron chi connectivity index (χ4n) is 2.72. The van der Waals surface area contributed by atoms with Crippen LogP contribution in [-0.2, 0) is 6.54 Å². The molecule has 5 nitrogen and oxygen atoms in total. The van der Waals surface area contributed by atoms with Crippen molar-refractivity contribution >= 4 is 11.0 Å². The molecule has 5 heteroatoms. The van der Waals surface area contributed by atoms with Crippen LogP contribution in [0.5, 0.6) is 0 Å². The molecule has 0 atom stereocenters. The normalized spacial score (nSPS) is 11.2. The van der Waals surface area contributed by atoms with Gasteiger partial charge < -0.3 is 10.3 Å². The lowest BCUT2D eigenvalue weighted by Gasteiger charge is -2.04. The molecule has 2 heterocycles. The van der Waals surface area contributed by atoms with Gasteiger partial charge in [0.1, 0.15) is 17.2 Å². The summed E-state index contributed by atoms with van der Waals surface area (Å²) in [6, 6.07) is 7.90. The van der Waals surface area contributed by atoms with Crippen molar-refractivity contribution in [3.63, 3.8) is 0 Å². The summed E-state index contributed by atoms with van der Waals surface area (Å²) in [6.07, 6.45) is 8.56. The molecule has 0 aliphatic carbocycles. The molecule has 0 fully saturated rings. The molecule has 0 spiro atoms. The van der Waals surface area contributed by atoms with Crippen molar-refractivity contribution in [1.29, 1.82) is 0 Å². The van der Waals surface area contributed by atoms with Crippen LogP contribution in [0.4, 0.5) is 0 Å². The van der Waals surface area contributed by atoms with Gasteiger partial charge in [-0.25, -0.2) is 9.97 Å². The second-order valence-corrected chi connectivity index (χ2v) is 5.81. The zero-order valence-corrected chi connectivity index (χ0v) is 13.6. The van der Waals surface area contributed by atoms with Crippen molar-refractivity contribution in [3.05, 3.63) is 42.5 Å². The van der Waals surface area contributed by atoms with Crippen molar-refractivity contribution in [2.75, 3.05) is 6.54 Å². The number of para-hydroxylation sites is 2. The molecule has 0 amide bonds. The number of imidazole rings is 1. The molecule has 3 aromatic rings. The number of hydrogen-bond acceptors (Lipinski definition) is 4. The number of unbranched alkanes of at least 4 members (excludes halogenated alkanes) is 3. The minimum Gasteiger partial charge on any atom is -0.334 e. The fraction of sp³-hybridized carbons (Fsp3) is 0.389. The lowest BCUT2D eigenvalue weighted by Crippen LogP contribution is -2.01. The average Bonchev–Trinajstić information content (AvgIpc) is 2.95. The maximum absolute atomic E-state index is 5.53. The first-order chi connectivity index (χ1) is 11.3. The molecule has 0 saturated carbocycles. The highest BCUT2D eigenvalue weighted by molar-refractivity contribution is 5.76. The predicted octanol–water partition coefficient (Wildman–Crippen LogP) is 3.32. The van der Waals surface area contributed by atoms with E-state index in [-0.39, 0.29) is 0 Å². The SMILES string of the molecule is Cc1nc(-c2cnc3ccccc3n2)cn1CCCCCCN. The lowest BCUT2D eigenvalue weighted by atomic mass is 10.2. The second kappa shape index (κ2) is 7.33. The van der Waals surface area contributed by atoms with E-state index in [0.29, 0.717) is 0 Å². The van der Waals surface area contributed by atoms with E-state index in [1.54, 1.807) is 6.20 Å². The van der Waals surface area contributed by atoms with Gasteiger partial charge in [0, 0.05) is 12.7 Å². The third kappa shape index (κ3) is 3.74. The van der Waals surface area contributed by atoms with Crippen molar-refractivity contribution < 1.29 is 0 Å². The first kappa shape index (κ1) is 15.6. The van der Waals surface area contributed by atoms with E-state index in [2.05, 4.69) is 25.7 Å². The average molecular weight is 309 g/mol. The molecule has 0 aliphatic heterocycles. The van der Waals surface area contributed by atoms with Gasteiger partial charge in [0.25, 0.3) is 0 Å². The molecule has 120 valence electrons. The van der Waals surface area contributed by atoms with Crippen LogP contribution in [0.25, 0.3) is 22.4 Å². The Morgan fingerprint density at radius 2 is 1.74 bits per heavy atom. The van der Waals surface area contributed by atoms with Crippen LogP contribution in [0.1, 0.15) is 31.5 Å². The van der Waals surface area contributed by atoms with E-state index < -0.39 is 0 Å². The molecule has 1 aromatic carbocycles. The Labute approximate surface area is 136 Å². The molecule has 23 heavy (non-hydrogen) atoms. The summed E-state index contributed by atoms with van der Waals surface area (Å²) in [7, 11) is 0. The van der Waals surface area contributed by atoms with Crippen LogP contribution in [0, 0.1) is 6.92 Å². The first-order valence-corrected chi connectivity index (χ1v) is 8.24. The first-order valence-electron chi connectivity index (χ1n) is 8.24. The lowest BCUT2D eigenvalue weighted by molar-refractivity contribution is 0.566. The third-order valence-corrected chi connectivity index (χ3v) is 4.04. The van der Waals surface area contributed by atoms with Crippen LogP contribution in [0.3, 0.4) is 0 Å². The highest BCUT2D eigenvalue weighted by Crippen LogP contribution is 2.19. The van der Waals surface area contributed by atoms with Crippen LogP contribution in [0.2, 0.25) is 0 Å². The Hall–Kier alpha value is -2.27. The number of hydrogen-bond donors (Lipinski definition) is 1. The molecule has 2 aromatic heterocycles. The van der Waals surface area contributed by atoms with E-state index in [1.807, 2.05) is 31.2 Å². The van der Waals surface area contributed by atoms with Crippen LogP contribution in [-0.4, -0.2) is 26.1 Å². The summed E-state index contributed by atoms with van der Waals surface area (Å²) in [6.45, 7) is 3.82. The molecular formula is C18H23N5. The number of benzene rings is 1. The van der Waals surface area contributed by atoms with E-state index >= 15 is 0 Å². The van der Waals surface area contributed by atoms with Crippen molar-refractivity contribution in [1.82, 2.24) is 19.5 Å². The van der Waals surface area contributed by atoms with Crippen LogP contribution >= 0.6 is 0 Å². The largest absolute Gasteiger partial charge is 0.334 e. The predicted molar refractivity (Wildman–Crippen MR) is 93.0 cm³/mol. The minimum atomic E-state index is 0.787. The number of nitrogens with two attached hydrogens (primary N) is 1. The van der Waals surface area contributed by atoms with Crippen molar-refractivity contribution in [2.24, 2.45) is 5.73 Å². The highest BCUT2D eigenvalue weighted by Gasteiger charge is 2.09. The zero-order valence-electron chi connectivity index (χ0n) is 13.6. The van der Waals surface area contributed by atoms with Crippen molar-refractivity contribution in [3.8, 4) is 11.4 Å². The quantitative estimate of drug-likeness (QED) is 0.680. The summed E-state index contributed by atoms with van der Waals surface area (Å²) in [4.78, 5) is 13.8. The summed E-state index contributed by atoms with van der Waals surface area (Å²) in [5.41, 5.74) is 9.06. The molecular weight excluding hydrogens is 286 g/mol. The minimum absolute atomic E-state index is 0.787. The van der Waals surface area contributed by atoms with Crippen LogP contribution in [0.15, 0.2) is 36.7 Å². The maximum atomic E-state index is 5.53. The monoisotopic (exact) mass is 309 g/mol. The van der Waals surface area contributed by atoms with Gasteiger partial charge >= 0.3 is 0 Å². The standard InChI is InChI=1S/C18H23N5/c1-14-21-18(13-23(14)11-7-3-2-6-10-19)17-12-20-15-8-4-5-9-16(15)22-17/h4-5,8-9,12-13H,2-3,6-7,10-11,19H2,1H3. The van der Waals surface area contributed by atoms with E-state index in [0.717, 1.165) is 54.2 Å². The number of fused-ring (bicyclic) bond motifs is 1. The van der Waals surface area contributed by atoms with Crippen molar-refractivity contribution in [2.45, 2.75) is 39.2 Å². The van der Waals surface area contributed by atoms with E-state index in [1.165, 1.54) is 12.8 Å². The summed E-state index contributed by atoms with van der Waals surface area (Å²) < 4.78 is 2.20. The number of aromatic nitrogens is 4. The van der Waals surface area contributed by atoms with Gasteiger partial charge in [-0.1, -0.05) is 25.0 Å². The third-order valence-electron chi connectivity index (χ3n) is 4.04. The molecule has 0 saturated heterocycles. The second-order valence-electron chi connectivity index (χ2n) is 5.81. The van der Waals surface area contributed by atoms with Gasteiger partial charge in [-0.2, -0.15) is 0 Å². The van der Waals surface area contributed by atoms with E-state index in [4.69, 9.17) is 5.73 Å². The zero-order chi connectivity index (χ0) is 16.1. The number of rotatable bonds is 7. The molecule has 3 rings (SSSR count).